The molecular weight excluding hydrogens is 310 g/mol. The van der Waals surface area contributed by atoms with Crippen molar-refractivity contribution in [1.82, 2.24) is 9.21 Å². The first-order chi connectivity index (χ1) is 9.84. The topological polar surface area (TPSA) is 64.4 Å². The summed E-state index contributed by atoms with van der Waals surface area (Å²) < 4.78 is 26.5. The molecule has 1 atom stereocenters. The van der Waals surface area contributed by atoms with Crippen LogP contribution in [0.1, 0.15) is 12.0 Å². The van der Waals surface area contributed by atoms with E-state index in [-0.39, 0.29) is 9.92 Å². The first-order valence-corrected chi connectivity index (χ1v) is 8.51. The van der Waals surface area contributed by atoms with E-state index in [1.807, 2.05) is 13.1 Å². The second-order valence-electron chi connectivity index (χ2n) is 5.46. The summed E-state index contributed by atoms with van der Waals surface area (Å²) in [5.74, 6) is 0.340. The first kappa shape index (κ1) is 16.2. The van der Waals surface area contributed by atoms with E-state index in [2.05, 4.69) is 4.90 Å². The van der Waals surface area contributed by atoms with Crippen molar-refractivity contribution < 1.29 is 8.42 Å². The van der Waals surface area contributed by atoms with Gasteiger partial charge in [0.1, 0.15) is 4.90 Å². The standard InChI is InChI=1S/C14H18ClN3O2S/c1-17-6-5-12(9-17)10-18(2)21(19,20)14-4-3-11(8-16)7-13(14)15/h3-4,7,12H,5-6,9-10H2,1-2H3. The van der Waals surface area contributed by atoms with Gasteiger partial charge in [0.05, 0.1) is 16.7 Å². The third-order valence-electron chi connectivity index (χ3n) is 3.75. The molecule has 2 rings (SSSR count). The largest absolute Gasteiger partial charge is 0.306 e. The highest BCUT2D eigenvalue weighted by Crippen LogP contribution is 2.26. The maximum atomic E-state index is 12.6. The number of sulfonamides is 1. The van der Waals surface area contributed by atoms with E-state index in [0.29, 0.717) is 18.0 Å². The molecule has 1 aliphatic rings. The van der Waals surface area contributed by atoms with Crippen LogP contribution in [0.5, 0.6) is 0 Å². The Bertz CT molecular complexity index is 669. The van der Waals surface area contributed by atoms with Crippen molar-refractivity contribution in [1.29, 1.82) is 5.26 Å². The molecule has 0 aromatic heterocycles. The van der Waals surface area contributed by atoms with E-state index >= 15 is 0 Å². The monoisotopic (exact) mass is 327 g/mol. The van der Waals surface area contributed by atoms with Crippen molar-refractivity contribution in [3.8, 4) is 6.07 Å². The van der Waals surface area contributed by atoms with E-state index in [4.69, 9.17) is 16.9 Å². The highest BCUT2D eigenvalue weighted by Gasteiger charge is 2.28. The lowest BCUT2D eigenvalue weighted by atomic mass is 10.1. The average molecular weight is 328 g/mol. The molecular formula is C14H18ClN3O2S. The summed E-state index contributed by atoms with van der Waals surface area (Å²) in [6.07, 6.45) is 0.997. The molecule has 0 aliphatic carbocycles. The highest BCUT2D eigenvalue weighted by atomic mass is 35.5. The van der Waals surface area contributed by atoms with Crippen LogP contribution in [0.15, 0.2) is 23.1 Å². The number of likely N-dealkylation sites (tertiary alicyclic amines) is 1. The molecule has 0 saturated carbocycles. The lowest BCUT2D eigenvalue weighted by molar-refractivity contribution is 0.357. The maximum absolute atomic E-state index is 12.6. The van der Waals surface area contributed by atoms with Crippen LogP contribution in [-0.2, 0) is 10.0 Å². The Labute approximate surface area is 130 Å². The molecule has 0 bridgehead atoms. The van der Waals surface area contributed by atoms with Gasteiger partial charge in [-0.25, -0.2) is 12.7 Å². The molecule has 0 spiro atoms. The van der Waals surface area contributed by atoms with Gasteiger partial charge in [-0.15, -0.1) is 0 Å². The van der Waals surface area contributed by atoms with Crippen molar-refractivity contribution >= 4 is 21.6 Å². The molecule has 1 heterocycles. The van der Waals surface area contributed by atoms with Crippen LogP contribution in [0.4, 0.5) is 0 Å². The second-order valence-corrected chi connectivity index (χ2v) is 7.88. The average Bonchev–Trinajstić information content (AvgIpc) is 2.83. The quantitative estimate of drug-likeness (QED) is 0.845. The smallest absolute Gasteiger partial charge is 0.244 e. The van der Waals surface area contributed by atoms with Crippen LogP contribution in [-0.4, -0.2) is 51.4 Å². The van der Waals surface area contributed by atoms with Gasteiger partial charge in [-0.2, -0.15) is 5.26 Å². The van der Waals surface area contributed by atoms with Gasteiger partial charge in [-0.1, -0.05) is 11.6 Å². The SMILES string of the molecule is CN1CCC(CN(C)S(=O)(=O)c2ccc(C#N)cc2Cl)C1. The van der Waals surface area contributed by atoms with E-state index in [1.54, 1.807) is 7.05 Å². The minimum atomic E-state index is -3.63. The molecule has 0 amide bonds. The summed E-state index contributed by atoms with van der Waals surface area (Å²) in [6, 6.07) is 6.19. The zero-order valence-corrected chi connectivity index (χ0v) is 13.7. The maximum Gasteiger partial charge on any atom is 0.244 e. The molecule has 21 heavy (non-hydrogen) atoms. The van der Waals surface area contributed by atoms with Crippen LogP contribution < -0.4 is 0 Å². The van der Waals surface area contributed by atoms with Crippen molar-refractivity contribution in [3.63, 3.8) is 0 Å². The first-order valence-electron chi connectivity index (χ1n) is 6.69. The molecule has 1 unspecified atom stereocenters. The number of benzene rings is 1. The van der Waals surface area contributed by atoms with Gasteiger partial charge in [0.25, 0.3) is 0 Å². The van der Waals surface area contributed by atoms with Crippen molar-refractivity contribution in [2.75, 3.05) is 33.7 Å². The third kappa shape index (κ3) is 3.55. The van der Waals surface area contributed by atoms with Crippen LogP contribution in [0.3, 0.4) is 0 Å². The van der Waals surface area contributed by atoms with Gasteiger partial charge in [0.2, 0.25) is 10.0 Å². The van der Waals surface area contributed by atoms with Gasteiger partial charge >= 0.3 is 0 Å². The lowest BCUT2D eigenvalue weighted by Crippen LogP contribution is -2.33. The Morgan fingerprint density at radius 1 is 1.52 bits per heavy atom. The van der Waals surface area contributed by atoms with Gasteiger partial charge in [-0.05, 0) is 44.1 Å². The minimum Gasteiger partial charge on any atom is -0.306 e. The van der Waals surface area contributed by atoms with Crippen LogP contribution in [0.2, 0.25) is 5.02 Å². The Morgan fingerprint density at radius 3 is 2.76 bits per heavy atom. The molecule has 0 radical (unpaired) electrons. The zero-order chi connectivity index (χ0) is 15.6. The van der Waals surface area contributed by atoms with Crippen molar-refractivity contribution in [2.45, 2.75) is 11.3 Å². The van der Waals surface area contributed by atoms with Crippen molar-refractivity contribution in [2.24, 2.45) is 5.92 Å². The Morgan fingerprint density at radius 2 is 2.24 bits per heavy atom. The van der Waals surface area contributed by atoms with E-state index in [0.717, 1.165) is 19.5 Å². The van der Waals surface area contributed by atoms with Gasteiger partial charge in [-0.3, -0.25) is 0 Å². The molecule has 1 aliphatic heterocycles. The second kappa shape index (κ2) is 6.32. The zero-order valence-electron chi connectivity index (χ0n) is 12.1. The summed E-state index contributed by atoms with van der Waals surface area (Å²) in [6.45, 7) is 2.38. The Balaban J connectivity index is 2.19. The molecule has 114 valence electrons. The minimum absolute atomic E-state index is 0.0528. The number of halogens is 1. The number of rotatable bonds is 4. The fourth-order valence-electron chi connectivity index (χ4n) is 2.58. The molecule has 1 aromatic rings. The van der Waals surface area contributed by atoms with Crippen LogP contribution in [0.25, 0.3) is 0 Å². The fraction of sp³-hybridized carbons (Fsp3) is 0.500. The summed E-state index contributed by atoms with van der Waals surface area (Å²) in [7, 11) is -0.0208. The highest BCUT2D eigenvalue weighted by molar-refractivity contribution is 7.89. The number of nitriles is 1. The fourth-order valence-corrected chi connectivity index (χ4v) is 4.35. The molecule has 7 heteroatoms. The van der Waals surface area contributed by atoms with Gasteiger partial charge in [0.15, 0.2) is 0 Å². The Hall–Kier alpha value is -1.13. The lowest BCUT2D eigenvalue weighted by Gasteiger charge is -2.21. The molecule has 5 nitrogen and oxygen atoms in total. The number of nitrogens with zero attached hydrogens (tertiary/aromatic N) is 3. The molecule has 0 N–H and O–H groups in total. The van der Waals surface area contributed by atoms with Crippen LogP contribution in [0, 0.1) is 17.2 Å². The third-order valence-corrected chi connectivity index (χ3v) is 6.06. The molecule has 1 fully saturated rings. The molecule has 1 saturated heterocycles. The molecule has 1 aromatic carbocycles. The predicted molar refractivity (Wildman–Crippen MR) is 81.6 cm³/mol. The normalized spacial score (nSPS) is 19.9. The van der Waals surface area contributed by atoms with E-state index < -0.39 is 10.0 Å². The van der Waals surface area contributed by atoms with Gasteiger partial charge in [0, 0.05) is 20.1 Å². The predicted octanol–water partition coefficient (Wildman–Crippen LogP) is 1.78. The van der Waals surface area contributed by atoms with Crippen molar-refractivity contribution in [3.05, 3.63) is 28.8 Å². The summed E-state index contributed by atoms with van der Waals surface area (Å²) in [5.41, 5.74) is 0.346. The van der Waals surface area contributed by atoms with E-state index in [1.165, 1.54) is 22.5 Å². The number of hydrogen-bond donors (Lipinski definition) is 0. The summed E-state index contributed by atoms with van der Waals surface area (Å²) in [4.78, 5) is 2.25. The van der Waals surface area contributed by atoms with Gasteiger partial charge < -0.3 is 4.90 Å². The summed E-state index contributed by atoms with van der Waals surface area (Å²) in [5, 5.41) is 8.89. The number of hydrogen-bond acceptors (Lipinski definition) is 4. The Kier molecular flexibility index (Phi) is 4.89. The summed E-state index contributed by atoms with van der Waals surface area (Å²) >= 11 is 6.01. The van der Waals surface area contributed by atoms with E-state index in [9.17, 15) is 8.42 Å². The van der Waals surface area contributed by atoms with Crippen LogP contribution >= 0.6 is 11.6 Å².